The lowest BCUT2D eigenvalue weighted by Gasteiger charge is -2.32. The Balaban J connectivity index is 1.57. The molecule has 1 aliphatic heterocycles. The summed E-state index contributed by atoms with van der Waals surface area (Å²) in [6.07, 6.45) is 1.96. The van der Waals surface area contributed by atoms with Gasteiger partial charge in [-0.25, -0.2) is 9.97 Å². The first-order chi connectivity index (χ1) is 12.4. The molecule has 1 unspecified atom stereocenters. The average molecular weight is 366 g/mol. The SMILES string of the molecule is O=C(NCC(F)(F)F)C1CCCN(c2ncn3cnc4[nH]ccc4c23)C1. The number of aromatic amines is 1. The Labute approximate surface area is 146 Å². The van der Waals surface area contributed by atoms with Crippen molar-refractivity contribution in [2.45, 2.75) is 19.0 Å². The summed E-state index contributed by atoms with van der Waals surface area (Å²) in [6.45, 7) is -0.264. The fourth-order valence-electron chi connectivity index (χ4n) is 3.42. The maximum Gasteiger partial charge on any atom is 0.405 e. The molecule has 4 rings (SSSR count). The number of nitrogens with zero attached hydrogens (tertiary/aromatic N) is 4. The third kappa shape index (κ3) is 3.06. The number of hydrogen-bond acceptors (Lipinski definition) is 4. The van der Waals surface area contributed by atoms with Gasteiger partial charge in [-0.2, -0.15) is 13.2 Å². The summed E-state index contributed by atoms with van der Waals surface area (Å²) in [4.78, 5) is 25.9. The van der Waals surface area contributed by atoms with Crippen LogP contribution in [-0.2, 0) is 4.79 Å². The number of hydrogen-bond donors (Lipinski definition) is 2. The number of amides is 1. The molecule has 3 aromatic rings. The lowest BCUT2D eigenvalue weighted by molar-refractivity contribution is -0.140. The fourth-order valence-corrected chi connectivity index (χ4v) is 3.42. The molecule has 0 aromatic carbocycles. The van der Waals surface area contributed by atoms with E-state index in [2.05, 4.69) is 15.0 Å². The summed E-state index contributed by atoms with van der Waals surface area (Å²) in [5.41, 5.74) is 1.60. The minimum Gasteiger partial charge on any atom is -0.354 e. The van der Waals surface area contributed by atoms with E-state index in [0.717, 1.165) is 16.6 Å². The molecule has 0 spiro atoms. The second-order valence-corrected chi connectivity index (χ2v) is 6.43. The van der Waals surface area contributed by atoms with Crippen LogP contribution in [0.1, 0.15) is 12.8 Å². The van der Waals surface area contributed by atoms with Gasteiger partial charge in [0.05, 0.1) is 5.92 Å². The van der Waals surface area contributed by atoms with E-state index in [9.17, 15) is 18.0 Å². The third-order valence-corrected chi connectivity index (χ3v) is 4.62. The number of carbonyl (C=O) groups excluding carboxylic acids is 1. The van der Waals surface area contributed by atoms with E-state index in [1.54, 1.807) is 23.3 Å². The molecular weight excluding hydrogens is 349 g/mol. The highest BCUT2D eigenvalue weighted by Gasteiger charge is 2.32. The Kier molecular flexibility index (Phi) is 3.97. The van der Waals surface area contributed by atoms with Crippen LogP contribution in [0, 0.1) is 5.92 Å². The molecule has 4 heterocycles. The number of fused-ring (bicyclic) bond motifs is 3. The van der Waals surface area contributed by atoms with Gasteiger partial charge < -0.3 is 15.2 Å². The predicted molar refractivity (Wildman–Crippen MR) is 88.8 cm³/mol. The van der Waals surface area contributed by atoms with Crippen LogP contribution in [0.25, 0.3) is 16.6 Å². The molecule has 1 amide bonds. The largest absolute Gasteiger partial charge is 0.405 e. The second kappa shape index (κ2) is 6.19. The molecule has 0 radical (unpaired) electrons. The minimum atomic E-state index is -4.41. The third-order valence-electron chi connectivity index (χ3n) is 4.62. The summed E-state index contributed by atoms with van der Waals surface area (Å²) in [6, 6.07) is 1.90. The Hall–Kier alpha value is -2.78. The number of alkyl halides is 3. The van der Waals surface area contributed by atoms with Crippen LogP contribution in [0.3, 0.4) is 0 Å². The number of aromatic nitrogens is 4. The van der Waals surface area contributed by atoms with Crippen LogP contribution in [0.4, 0.5) is 19.0 Å². The van der Waals surface area contributed by atoms with Crippen LogP contribution in [-0.4, -0.2) is 51.1 Å². The number of carbonyl (C=O) groups is 1. The highest BCUT2D eigenvalue weighted by Crippen LogP contribution is 2.30. The lowest BCUT2D eigenvalue weighted by Crippen LogP contribution is -2.45. The van der Waals surface area contributed by atoms with E-state index in [1.165, 1.54) is 0 Å². The van der Waals surface area contributed by atoms with Crippen molar-refractivity contribution in [3.05, 3.63) is 24.9 Å². The number of anilines is 1. The highest BCUT2D eigenvalue weighted by molar-refractivity contribution is 5.98. The molecule has 0 aliphatic carbocycles. The van der Waals surface area contributed by atoms with E-state index < -0.39 is 24.5 Å². The van der Waals surface area contributed by atoms with Gasteiger partial charge in [0.1, 0.15) is 30.4 Å². The van der Waals surface area contributed by atoms with E-state index in [4.69, 9.17) is 0 Å². The van der Waals surface area contributed by atoms with Crippen molar-refractivity contribution < 1.29 is 18.0 Å². The number of piperidine rings is 1. The van der Waals surface area contributed by atoms with Gasteiger partial charge >= 0.3 is 6.18 Å². The van der Waals surface area contributed by atoms with Crippen molar-refractivity contribution in [1.29, 1.82) is 0 Å². The van der Waals surface area contributed by atoms with Gasteiger partial charge in [-0.15, -0.1) is 0 Å². The maximum absolute atomic E-state index is 12.3. The van der Waals surface area contributed by atoms with Crippen LogP contribution < -0.4 is 10.2 Å². The first kappa shape index (κ1) is 16.7. The van der Waals surface area contributed by atoms with Gasteiger partial charge in [0.2, 0.25) is 5.91 Å². The van der Waals surface area contributed by atoms with Gasteiger partial charge in [-0.3, -0.25) is 9.20 Å². The van der Waals surface area contributed by atoms with Crippen LogP contribution in [0.2, 0.25) is 0 Å². The Morgan fingerprint density at radius 1 is 1.35 bits per heavy atom. The number of halogens is 3. The maximum atomic E-state index is 12.3. The van der Waals surface area contributed by atoms with Crippen molar-refractivity contribution >= 4 is 28.3 Å². The van der Waals surface area contributed by atoms with Gasteiger partial charge in [0.25, 0.3) is 0 Å². The normalized spacial score (nSPS) is 18.6. The summed E-state index contributed by atoms with van der Waals surface area (Å²) in [5, 5.41) is 2.90. The zero-order chi connectivity index (χ0) is 18.3. The molecule has 26 heavy (non-hydrogen) atoms. The molecule has 1 atom stereocenters. The van der Waals surface area contributed by atoms with E-state index in [0.29, 0.717) is 31.7 Å². The molecule has 0 bridgehead atoms. The predicted octanol–water partition coefficient (Wildman–Crippen LogP) is 2.11. The second-order valence-electron chi connectivity index (χ2n) is 6.43. The van der Waals surface area contributed by atoms with Gasteiger partial charge in [-0.1, -0.05) is 0 Å². The quantitative estimate of drug-likeness (QED) is 0.744. The summed E-state index contributed by atoms with van der Waals surface area (Å²) in [7, 11) is 0. The summed E-state index contributed by atoms with van der Waals surface area (Å²) >= 11 is 0. The average Bonchev–Trinajstić information content (AvgIpc) is 3.24. The molecule has 7 nitrogen and oxygen atoms in total. The smallest absolute Gasteiger partial charge is 0.354 e. The molecule has 10 heteroatoms. The number of H-pyrrole nitrogens is 1. The molecule has 1 fully saturated rings. The molecule has 1 aliphatic rings. The van der Waals surface area contributed by atoms with Gasteiger partial charge in [0, 0.05) is 24.7 Å². The van der Waals surface area contributed by atoms with E-state index >= 15 is 0 Å². The van der Waals surface area contributed by atoms with Gasteiger partial charge in [-0.05, 0) is 18.9 Å². The van der Waals surface area contributed by atoms with Crippen molar-refractivity contribution in [1.82, 2.24) is 24.7 Å². The standard InChI is InChI=1S/C16H17F3N6O/c17-16(18,19)7-21-15(26)10-2-1-5-24(6-10)14-12-11-3-4-20-13(11)22-8-25(12)9-23-14/h3-4,8-10,20H,1-2,5-7H2,(H,21,26). The molecular formula is C16H17F3N6O. The van der Waals surface area contributed by atoms with Crippen molar-refractivity contribution in [2.75, 3.05) is 24.5 Å². The van der Waals surface area contributed by atoms with Crippen molar-refractivity contribution in [3.8, 4) is 0 Å². The van der Waals surface area contributed by atoms with Crippen LogP contribution in [0.5, 0.6) is 0 Å². The summed E-state index contributed by atoms with van der Waals surface area (Å²) in [5.74, 6) is -0.347. The zero-order valence-corrected chi connectivity index (χ0v) is 13.8. The number of imidazole rings is 1. The molecule has 2 N–H and O–H groups in total. The minimum absolute atomic E-state index is 0.338. The highest BCUT2D eigenvalue weighted by atomic mass is 19.4. The number of nitrogens with one attached hydrogen (secondary N) is 2. The Bertz CT molecular complexity index is 946. The summed E-state index contributed by atoms with van der Waals surface area (Å²) < 4.78 is 38.8. The van der Waals surface area contributed by atoms with Crippen molar-refractivity contribution in [2.24, 2.45) is 5.92 Å². The van der Waals surface area contributed by atoms with E-state index in [-0.39, 0.29) is 0 Å². The number of rotatable bonds is 3. The van der Waals surface area contributed by atoms with Gasteiger partial charge in [0.15, 0.2) is 5.82 Å². The Morgan fingerprint density at radius 3 is 2.96 bits per heavy atom. The monoisotopic (exact) mass is 366 g/mol. The van der Waals surface area contributed by atoms with Crippen LogP contribution in [0.15, 0.2) is 24.9 Å². The fraction of sp³-hybridized carbons (Fsp3) is 0.438. The lowest BCUT2D eigenvalue weighted by atomic mass is 9.97. The molecule has 138 valence electrons. The van der Waals surface area contributed by atoms with Crippen molar-refractivity contribution in [3.63, 3.8) is 0 Å². The van der Waals surface area contributed by atoms with Crippen LogP contribution >= 0.6 is 0 Å². The molecule has 1 saturated heterocycles. The molecule has 0 saturated carbocycles. The Morgan fingerprint density at radius 2 is 2.15 bits per heavy atom. The topological polar surface area (TPSA) is 78.3 Å². The molecule has 3 aromatic heterocycles. The van der Waals surface area contributed by atoms with E-state index in [1.807, 2.05) is 16.3 Å². The first-order valence-electron chi connectivity index (χ1n) is 8.30. The first-order valence-corrected chi connectivity index (χ1v) is 8.30. The zero-order valence-electron chi connectivity index (χ0n) is 13.8.